The number of β-amino-alcohol motifs (C(OH)–C–C–N with tert-alkyl or cyclic N) is 1. The van der Waals surface area contributed by atoms with E-state index in [-0.39, 0.29) is 24.4 Å². The van der Waals surface area contributed by atoms with Gasteiger partial charge in [-0.3, -0.25) is 14.6 Å². The van der Waals surface area contributed by atoms with E-state index in [1.165, 1.54) is 12.1 Å². The molecular formula is C22H26F3N3O2. The fourth-order valence-corrected chi connectivity index (χ4v) is 3.52. The van der Waals surface area contributed by atoms with Crippen molar-refractivity contribution < 1.29 is 23.1 Å². The van der Waals surface area contributed by atoms with Crippen molar-refractivity contribution in [3.05, 3.63) is 64.7 Å². The molecule has 0 saturated carbocycles. The number of hydrogen-bond donors (Lipinski definition) is 2. The predicted octanol–water partition coefficient (Wildman–Crippen LogP) is 3.38. The lowest BCUT2D eigenvalue weighted by molar-refractivity contribution is -0.138. The van der Waals surface area contributed by atoms with Gasteiger partial charge in [0.15, 0.2) is 0 Å². The van der Waals surface area contributed by atoms with E-state index in [9.17, 15) is 18.0 Å². The van der Waals surface area contributed by atoms with Gasteiger partial charge in [0, 0.05) is 50.5 Å². The lowest BCUT2D eigenvalue weighted by Crippen LogP contribution is -2.46. The Labute approximate surface area is 174 Å². The van der Waals surface area contributed by atoms with Gasteiger partial charge in [0.1, 0.15) is 0 Å². The smallest absolute Gasteiger partial charge is 0.395 e. The van der Waals surface area contributed by atoms with Gasteiger partial charge >= 0.3 is 6.18 Å². The fraction of sp³-hybridized carbons (Fsp3) is 0.409. The van der Waals surface area contributed by atoms with Gasteiger partial charge in [-0.25, -0.2) is 0 Å². The number of carbonyl (C=O) groups is 1. The maximum Gasteiger partial charge on any atom is 0.416 e. The van der Waals surface area contributed by atoms with Crippen LogP contribution in [0.3, 0.4) is 0 Å². The molecular weight excluding hydrogens is 395 g/mol. The molecule has 1 aliphatic rings. The second kappa shape index (κ2) is 9.59. The number of amides is 1. The number of aliphatic hydroxyl groups is 1. The minimum absolute atomic E-state index is 0.0774. The molecule has 0 bridgehead atoms. The summed E-state index contributed by atoms with van der Waals surface area (Å²) in [4.78, 5) is 16.4. The van der Waals surface area contributed by atoms with Crippen LogP contribution in [0.2, 0.25) is 0 Å². The maximum absolute atomic E-state index is 13.7. The van der Waals surface area contributed by atoms with Gasteiger partial charge < -0.3 is 10.4 Å². The van der Waals surface area contributed by atoms with E-state index in [1.807, 2.05) is 11.8 Å². The number of nitrogens with one attached hydrogen (secondary N) is 1. The highest BCUT2D eigenvalue weighted by Crippen LogP contribution is 2.34. The summed E-state index contributed by atoms with van der Waals surface area (Å²) in [6.45, 7) is 5.45. The molecule has 2 aromatic carbocycles. The Hall–Kier alpha value is -2.42. The molecule has 8 heteroatoms. The first kappa shape index (κ1) is 22.3. The number of hydrogen-bond acceptors (Lipinski definition) is 4. The summed E-state index contributed by atoms with van der Waals surface area (Å²) in [7, 11) is 0. The van der Waals surface area contributed by atoms with Crippen molar-refractivity contribution in [3.8, 4) is 0 Å². The van der Waals surface area contributed by atoms with E-state index in [4.69, 9.17) is 5.11 Å². The van der Waals surface area contributed by atoms with E-state index >= 15 is 0 Å². The molecule has 1 aliphatic heterocycles. The van der Waals surface area contributed by atoms with Crippen molar-refractivity contribution in [2.45, 2.75) is 19.6 Å². The van der Waals surface area contributed by atoms with Crippen molar-refractivity contribution >= 4 is 11.6 Å². The number of rotatable bonds is 6. The quantitative estimate of drug-likeness (QED) is 0.751. The zero-order valence-corrected chi connectivity index (χ0v) is 16.9. The summed E-state index contributed by atoms with van der Waals surface area (Å²) in [5.74, 6) is -0.448. The third kappa shape index (κ3) is 5.81. The average Bonchev–Trinajstić information content (AvgIpc) is 2.70. The van der Waals surface area contributed by atoms with E-state index in [0.717, 1.165) is 11.6 Å². The highest BCUT2D eigenvalue weighted by molar-refractivity contribution is 6.04. The second-order valence-electron chi connectivity index (χ2n) is 7.53. The van der Waals surface area contributed by atoms with Gasteiger partial charge in [0.05, 0.1) is 12.2 Å². The molecule has 0 atom stereocenters. The van der Waals surface area contributed by atoms with E-state index in [2.05, 4.69) is 10.2 Å². The third-order valence-electron chi connectivity index (χ3n) is 5.26. The summed E-state index contributed by atoms with van der Waals surface area (Å²) >= 11 is 0. The molecule has 0 aromatic heterocycles. The van der Waals surface area contributed by atoms with Gasteiger partial charge in [-0.05, 0) is 36.8 Å². The van der Waals surface area contributed by atoms with E-state index in [1.54, 1.807) is 24.3 Å². The number of aryl methyl sites for hydroxylation is 1. The Balaban J connectivity index is 1.72. The zero-order chi connectivity index (χ0) is 21.7. The van der Waals surface area contributed by atoms with Gasteiger partial charge in [0.25, 0.3) is 5.91 Å². The second-order valence-corrected chi connectivity index (χ2v) is 7.53. The summed E-state index contributed by atoms with van der Waals surface area (Å²) in [6.07, 6.45) is -4.52. The lowest BCUT2D eigenvalue weighted by Gasteiger charge is -2.34. The van der Waals surface area contributed by atoms with Crippen LogP contribution in [0.5, 0.6) is 0 Å². The van der Waals surface area contributed by atoms with Crippen molar-refractivity contribution in [2.75, 3.05) is 44.6 Å². The van der Waals surface area contributed by atoms with Crippen LogP contribution in [0.1, 0.15) is 27.0 Å². The number of aliphatic hydroxyl groups excluding tert-OH is 1. The SMILES string of the molecule is Cc1ccc(C(=O)Nc2ccc(CN3CCN(CCO)CC3)c(C(F)(F)F)c2)cc1. The summed E-state index contributed by atoms with van der Waals surface area (Å²) in [6, 6.07) is 10.8. The van der Waals surface area contributed by atoms with Crippen LogP contribution in [0.4, 0.5) is 18.9 Å². The largest absolute Gasteiger partial charge is 0.416 e. The Morgan fingerprint density at radius 3 is 2.27 bits per heavy atom. The van der Waals surface area contributed by atoms with E-state index in [0.29, 0.717) is 38.3 Å². The molecule has 3 rings (SSSR count). The normalized spacial score (nSPS) is 15.9. The zero-order valence-electron chi connectivity index (χ0n) is 16.9. The van der Waals surface area contributed by atoms with Crippen LogP contribution in [0, 0.1) is 6.92 Å². The van der Waals surface area contributed by atoms with E-state index < -0.39 is 17.6 Å². The van der Waals surface area contributed by atoms with Gasteiger partial charge in [0.2, 0.25) is 0 Å². The minimum Gasteiger partial charge on any atom is -0.395 e. The molecule has 1 fully saturated rings. The number of carbonyl (C=O) groups excluding carboxylic acids is 1. The molecule has 162 valence electrons. The predicted molar refractivity (Wildman–Crippen MR) is 109 cm³/mol. The van der Waals surface area contributed by atoms with Crippen LogP contribution < -0.4 is 5.32 Å². The van der Waals surface area contributed by atoms with Crippen LogP contribution in [0.25, 0.3) is 0 Å². The van der Waals surface area contributed by atoms with Gasteiger partial charge in [-0.2, -0.15) is 13.2 Å². The molecule has 2 aromatic rings. The molecule has 1 amide bonds. The lowest BCUT2D eigenvalue weighted by atomic mass is 10.0. The molecule has 0 unspecified atom stereocenters. The number of piperazine rings is 1. The number of anilines is 1. The number of halogens is 3. The first-order chi connectivity index (χ1) is 14.3. The highest BCUT2D eigenvalue weighted by atomic mass is 19.4. The molecule has 1 saturated heterocycles. The highest BCUT2D eigenvalue weighted by Gasteiger charge is 2.34. The fourth-order valence-electron chi connectivity index (χ4n) is 3.52. The van der Waals surface area contributed by atoms with Crippen molar-refractivity contribution in [1.29, 1.82) is 0 Å². The Morgan fingerprint density at radius 1 is 1.03 bits per heavy atom. The van der Waals surface area contributed by atoms with Gasteiger partial charge in [-0.15, -0.1) is 0 Å². The van der Waals surface area contributed by atoms with Crippen molar-refractivity contribution in [3.63, 3.8) is 0 Å². The summed E-state index contributed by atoms with van der Waals surface area (Å²) < 4.78 is 41.0. The number of nitrogens with zero attached hydrogens (tertiary/aromatic N) is 2. The van der Waals surface area contributed by atoms with Gasteiger partial charge in [-0.1, -0.05) is 23.8 Å². The Morgan fingerprint density at radius 2 is 1.67 bits per heavy atom. The molecule has 30 heavy (non-hydrogen) atoms. The van der Waals surface area contributed by atoms with Crippen LogP contribution in [-0.2, 0) is 12.7 Å². The maximum atomic E-state index is 13.7. The number of benzene rings is 2. The molecule has 0 aliphatic carbocycles. The Kier molecular flexibility index (Phi) is 7.12. The topological polar surface area (TPSA) is 55.8 Å². The van der Waals surface area contributed by atoms with Crippen molar-refractivity contribution in [2.24, 2.45) is 0 Å². The van der Waals surface area contributed by atoms with Crippen LogP contribution >= 0.6 is 0 Å². The number of alkyl halides is 3. The molecule has 0 radical (unpaired) electrons. The van der Waals surface area contributed by atoms with Crippen LogP contribution in [-0.4, -0.2) is 60.1 Å². The average molecular weight is 421 g/mol. The Bertz CT molecular complexity index is 861. The van der Waals surface area contributed by atoms with Crippen LogP contribution in [0.15, 0.2) is 42.5 Å². The molecule has 2 N–H and O–H groups in total. The first-order valence-corrected chi connectivity index (χ1v) is 9.90. The minimum atomic E-state index is -4.52. The van der Waals surface area contributed by atoms with Crippen molar-refractivity contribution in [1.82, 2.24) is 9.80 Å². The monoisotopic (exact) mass is 421 g/mol. The molecule has 0 spiro atoms. The first-order valence-electron chi connectivity index (χ1n) is 9.90. The third-order valence-corrected chi connectivity index (χ3v) is 5.26. The summed E-state index contributed by atoms with van der Waals surface area (Å²) in [5, 5.41) is 11.6. The molecule has 1 heterocycles. The standard InChI is InChI=1S/C22H26F3N3O2/c1-16-2-4-17(5-3-16)21(30)26-19-7-6-18(20(14-19)22(23,24)25)15-28-10-8-27(9-11-28)12-13-29/h2-7,14,29H,8-13,15H2,1H3,(H,26,30). The summed E-state index contributed by atoms with van der Waals surface area (Å²) in [5.41, 5.74) is 0.948. The molecule has 5 nitrogen and oxygen atoms in total.